The molecule has 244 valence electrons. The third-order valence-electron chi connectivity index (χ3n) is 7.78. The summed E-state index contributed by atoms with van der Waals surface area (Å²) in [6.07, 6.45) is 26.7. The van der Waals surface area contributed by atoms with Gasteiger partial charge in [0.05, 0.1) is 19.6 Å². The summed E-state index contributed by atoms with van der Waals surface area (Å²) in [6.45, 7) is 4.96. The lowest BCUT2D eigenvalue weighted by Gasteiger charge is -2.18. The maximum Gasteiger partial charge on any atom is 0.306 e. The first-order chi connectivity index (χ1) is 20.8. The van der Waals surface area contributed by atoms with Crippen LogP contribution >= 0.6 is 0 Å². The van der Waals surface area contributed by atoms with E-state index in [1.165, 1.54) is 96.3 Å². The van der Waals surface area contributed by atoms with E-state index in [4.69, 9.17) is 14.2 Å². The highest BCUT2D eigenvalue weighted by molar-refractivity contribution is 5.69. The van der Waals surface area contributed by atoms with Gasteiger partial charge in [0.1, 0.15) is 19.3 Å². The van der Waals surface area contributed by atoms with Crippen LogP contribution in [0.5, 0.6) is 0 Å². The van der Waals surface area contributed by atoms with Crippen molar-refractivity contribution in [3.63, 3.8) is 0 Å². The highest BCUT2D eigenvalue weighted by atomic mass is 35.5. The zero-order chi connectivity index (χ0) is 29.8. The molecule has 1 aromatic carbocycles. The first-order valence-corrected chi connectivity index (χ1v) is 17.1. The van der Waals surface area contributed by atoms with Gasteiger partial charge in [-0.3, -0.25) is 4.79 Å². The molecule has 1 atom stereocenters. The molecule has 0 fully saturated rings. The van der Waals surface area contributed by atoms with Crippen LogP contribution in [-0.2, 0) is 32.2 Å². The van der Waals surface area contributed by atoms with Gasteiger partial charge in [-0.25, -0.2) is 4.57 Å². The number of carbonyl (C=O) groups excluding carboxylic acids is 1. The van der Waals surface area contributed by atoms with Crippen molar-refractivity contribution in [3.8, 4) is 0 Å². The van der Waals surface area contributed by atoms with Crippen LogP contribution < -0.4 is 17.0 Å². The molecular weight excluding hydrogens is 558 g/mol. The first kappa shape index (κ1) is 39.1. The van der Waals surface area contributed by atoms with Gasteiger partial charge in [0.2, 0.25) is 0 Å². The van der Waals surface area contributed by atoms with Crippen molar-refractivity contribution in [1.29, 1.82) is 0 Å². The SMILES string of the molecule is CCCCCCCCCCCCCCCCCCOCC(COC(=O)CCC[n+]1ccccc1)OCc1ccccc1.[Cl-]. The lowest BCUT2D eigenvalue weighted by atomic mass is 10.0. The first-order valence-electron chi connectivity index (χ1n) is 17.1. The normalized spacial score (nSPS) is 11.7. The number of pyridine rings is 1. The van der Waals surface area contributed by atoms with Gasteiger partial charge in [0, 0.05) is 25.2 Å². The number of hydrogen-bond acceptors (Lipinski definition) is 4. The Bertz CT molecular complexity index is 867. The van der Waals surface area contributed by atoms with E-state index in [1.54, 1.807) is 0 Å². The number of rotatable bonds is 28. The van der Waals surface area contributed by atoms with E-state index >= 15 is 0 Å². The summed E-state index contributed by atoms with van der Waals surface area (Å²) in [4.78, 5) is 12.3. The maximum absolute atomic E-state index is 12.3. The summed E-state index contributed by atoms with van der Waals surface area (Å²) in [7, 11) is 0. The molecular formula is C37H60ClNO4. The molecule has 0 spiro atoms. The van der Waals surface area contributed by atoms with Crippen molar-refractivity contribution in [2.24, 2.45) is 0 Å². The molecule has 1 aromatic heterocycles. The highest BCUT2D eigenvalue weighted by Gasteiger charge is 2.14. The second kappa shape index (κ2) is 28.8. The molecule has 0 N–H and O–H groups in total. The number of hydrogen-bond donors (Lipinski definition) is 0. The highest BCUT2D eigenvalue weighted by Crippen LogP contribution is 2.14. The predicted octanol–water partition coefficient (Wildman–Crippen LogP) is 6.17. The molecule has 0 saturated heterocycles. The number of unbranched alkanes of at least 4 members (excludes halogenated alkanes) is 15. The number of aryl methyl sites for hydroxylation is 1. The molecule has 0 saturated carbocycles. The second-order valence-electron chi connectivity index (χ2n) is 11.7. The van der Waals surface area contributed by atoms with Gasteiger partial charge in [-0.05, 0) is 12.0 Å². The van der Waals surface area contributed by atoms with Crippen LogP contribution in [0.1, 0.15) is 128 Å². The van der Waals surface area contributed by atoms with Crippen LogP contribution in [0.15, 0.2) is 60.9 Å². The van der Waals surface area contributed by atoms with Crippen molar-refractivity contribution in [2.75, 3.05) is 19.8 Å². The lowest BCUT2D eigenvalue weighted by Crippen LogP contribution is -3.00. The van der Waals surface area contributed by atoms with Crippen LogP contribution in [0.4, 0.5) is 0 Å². The van der Waals surface area contributed by atoms with Crippen molar-refractivity contribution in [2.45, 2.75) is 142 Å². The van der Waals surface area contributed by atoms with Crippen molar-refractivity contribution in [1.82, 2.24) is 0 Å². The Balaban J connectivity index is 0.00000924. The van der Waals surface area contributed by atoms with E-state index in [-0.39, 0.29) is 31.1 Å². The summed E-state index contributed by atoms with van der Waals surface area (Å²) in [5, 5.41) is 0. The number of ether oxygens (including phenoxy) is 3. The molecule has 1 heterocycles. The minimum Gasteiger partial charge on any atom is -1.00 e. The molecule has 0 aliphatic rings. The molecule has 6 heteroatoms. The number of nitrogens with zero attached hydrogens (tertiary/aromatic N) is 1. The zero-order valence-electron chi connectivity index (χ0n) is 27.1. The van der Waals surface area contributed by atoms with Crippen LogP contribution in [0.25, 0.3) is 0 Å². The van der Waals surface area contributed by atoms with E-state index in [0.717, 1.165) is 31.6 Å². The number of aromatic nitrogens is 1. The fourth-order valence-corrected chi connectivity index (χ4v) is 5.15. The molecule has 43 heavy (non-hydrogen) atoms. The van der Waals surface area contributed by atoms with E-state index in [1.807, 2.05) is 60.9 Å². The summed E-state index contributed by atoms with van der Waals surface area (Å²) >= 11 is 0. The second-order valence-corrected chi connectivity index (χ2v) is 11.7. The van der Waals surface area contributed by atoms with Gasteiger partial charge in [-0.2, -0.15) is 0 Å². The van der Waals surface area contributed by atoms with Gasteiger partial charge in [-0.1, -0.05) is 140 Å². The summed E-state index contributed by atoms with van der Waals surface area (Å²) in [5.74, 6) is -0.183. The fourth-order valence-electron chi connectivity index (χ4n) is 5.15. The third kappa shape index (κ3) is 23.1. The van der Waals surface area contributed by atoms with Crippen LogP contribution in [0, 0.1) is 0 Å². The topological polar surface area (TPSA) is 48.6 Å². The third-order valence-corrected chi connectivity index (χ3v) is 7.78. The number of carbonyl (C=O) groups is 1. The Hall–Kier alpha value is -1.95. The minimum absolute atomic E-state index is 0. The number of benzene rings is 1. The Morgan fingerprint density at radius 3 is 1.79 bits per heavy atom. The minimum atomic E-state index is -0.265. The summed E-state index contributed by atoms with van der Waals surface area (Å²) < 4.78 is 19.7. The largest absolute Gasteiger partial charge is 1.00 e. The lowest BCUT2D eigenvalue weighted by molar-refractivity contribution is -0.697. The van der Waals surface area contributed by atoms with E-state index < -0.39 is 0 Å². The van der Waals surface area contributed by atoms with Crippen molar-refractivity contribution >= 4 is 5.97 Å². The molecule has 2 rings (SSSR count). The standard InChI is InChI=1S/C37H60NO4.ClH/c1-2-3-4-5-6-7-8-9-10-11-12-13-14-15-16-23-31-40-33-36(41-32-35-25-19-17-20-26-35)34-42-37(39)27-24-30-38-28-21-18-22-29-38;/h17-22,25-26,28-29,36H,2-16,23-24,27,30-34H2,1H3;1H/q+1;/p-1. The zero-order valence-corrected chi connectivity index (χ0v) is 27.8. The molecule has 0 bridgehead atoms. The number of halogens is 1. The molecule has 2 aromatic rings. The Kier molecular flexibility index (Phi) is 26.2. The van der Waals surface area contributed by atoms with Gasteiger partial charge >= 0.3 is 5.97 Å². The quantitative estimate of drug-likeness (QED) is 0.0651. The summed E-state index contributed by atoms with van der Waals surface area (Å²) in [6, 6.07) is 16.1. The molecule has 1 unspecified atom stereocenters. The van der Waals surface area contributed by atoms with E-state index in [0.29, 0.717) is 19.6 Å². The molecule has 0 aliphatic carbocycles. The smallest absolute Gasteiger partial charge is 0.306 e. The fraction of sp³-hybridized carbons (Fsp3) is 0.676. The average Bonchev–Trinajstić information content (AvgIpc) is 3.02. The van der Waals surface area contributed by atoms with Gasteiger partial charge in [0.15, 0.2) is 12.4 Å². The average molecular weight is 618 g/mol. The molecule has 0 aliphatic heterocycles. The molecule has 5 nitrogen and oxygen atoms in total. The van der Waals surface area contributed by atoms with E-state index in [9.17, 15) is 4.79 Å². The number of esters is 1. The monoisotopic (exact) mass is 617 g/mol. The van der Waals surface area contributed by atoms with Crippen LogP contribution in [-0.4, -0.2) is 31.9 Å². The molecule has 0 radical (unpaired) electrons. The van der Waals surface area contributed by atoms with Crippen LogP contribution in [0.3, 0.4) is 0 Å². The summed E-state index contributed by atoms with van der Waals surface area (Å²) in [5.41, 5.74) is 1.10. The van der Waals surface area contributed by atoms with Crippen LogP contribution in [0.2, 0.25) is 0 Å². The van der Waals surface area contributed by atoms with Crippen molar-refractivity contribution < 1.29 is 36.0 Å². The predicted molar refractivity (Wildman–Crippen MR) is 172 cm³/mol. The van der Waals surface area contributed by atoms with Gasteiger partial charge in [0.25, 0.3) is 0 Å². The van der Waals surface area contributed by atoms with Gasteiger partial charge in [-0.15, -0.1) is 0 Å². The maximum atomic E-state index is 12.3. The molecule has 0 amide bonds. The Morgan fingerprint density at radius 2 is 1.21 bits per heavy atom. The Labute approximate surface area is 269 Å². The van der Waals surface area contributed by atoms with E-state index in [2.05, 4.69) is 11.5 Å². The van der Waals surface area contributed by atoms with Crippen molar-refractivity contribution in [3.05, 3.63) is 66.5 Å². The van der Waals surface area contributed by atoms with Gasteiger partial charge < -0.3 is 26.6 Å². The Morgan fingerprint density at radius 1 is 0.674 bits per heavy atom.